The Labute approximate surface area is 103 Å². The number of rotatable bonds is 6. The smallest absolute Gasteiger partial charge is 0.123 e. The van der Waals surface area contributed by atoms with Crippen molar-refractivity contribution in [3.8, 4) is 11.5 Å². The summed E-state index contributed by atoms with van der Waals surface area (Å²) in [6.45, 7) is 10.5. The van der Waals surface area contributed by atoms with E-state index in [2.05, 4.69) is 18.4 Å². The minimum atomic E-state index is 0.282. The maximum atomic E-state index is 9.87. The molecule has 0 fully saturated rings. The fourth-order valence-electron chi connectivity index (χ4n) is 1.71. The number of nitrogens with zero attached hydrogens (tertiary/aromatic N) is 1. The Bertz CT molecular complexity index is 388. The summed E-state index contributed by atoms with van der Waals surface area (Å²) in [5.74, 6) is 0.957. The van der Waals surface area contributed by atoms with Crippen LogP contribution in [0.25, 0.3) is 0 Å². The standard InChI is InChI=1S/C14H21NO2/c1-5-15(9-11(2)3)10-12-6-7-13(17-4)8-14(12)16/h6-8,16H,2,5,9-10H2,1,3-4H3. The Morgan fingerprint density at radius 3 is 2.65 bits per heavy atom. The van der Waals surface area contributed by atoms with Crippen LogP contribution in [0.1, 0.15) is 19.4 Å². The highest BCUT2D eigenvalue weighted by Gasteiger charge is 2.08. The van der Waals surface area contributed by atoms with Gasteiger partial charge in [-0.2, -0.15) is 0 Å². The van der Waals surface area contributed by atoms with Crippen LogP contribution in [-0.4, -0.2) is 30.2 Å². The predicted molar refractivity (Wildman–Crippen MR) is 70.4 cm³/mol. The molecule has 0 amide bonds. The van der Waals surface area contributed by atoms with E-state index in [1.54, 1.807) is 13.2 Å². The average Bonchev–Trinajstić information content (AvgIpc) is 2.29. The van der Waals surface area contributed by atoms with Crippen molar-refractivity contribution >= 4 is 0 Å². The van der Waals surface area contributed by atoms with Crippen LogP contribution in [0.2, 0.25) is 0 Å². The molecule has 0 aromatic heterocycles. The lowest BCUT2D eigenvalue weighted by atomic mass is 10.1. The Hall–Kier alpha value is -1.48. The predicted octanol–water partition coefficient (Wildman–Crippen LogP) is 2.80. The summed E-state index contributed by atoms with van der Waals surface area (Å²) in [7, 11) is 1.59. The normalized spacial score (nSPS) is 10.6. The van der Waals surface area contributed by atoms with Crippen LogP contribution in [0.3, 0.4) is 0 Å². The van der Waals surface area contributed by atoms with Gasteiger partial charge in [0.25, 0.3) is 0 Å². The highest BCUT2D eigenvalue weighted by Crippen LogP contribution is 2.24. The zero-order chi connectivity index (χ0) is 12.8. The molecular weight excluding hydrogens is 214 g/mol. The van der Waals surface area contributed by atoms with Crippen LogP contribution in [0.15, 0.2) is 30.4 Å². The molecule has 17 heavy (non-hydrogen) atoms. The highest BCUT2D eigenvalue weighted by molar-refractivity contribution is 5.39. The van der Waals surface area contributed by atoms with E-state index in [9.17, 15) is 5.11 Å². The number of likely N-dealkylation sites (N-methyl/N-ethyl adjacent to an activating group) is 1. The van der Waals surface area contributed by atoms with E-state index in [0.29, 0.717) is 5.75 Å². The van der Waals surface area contributed by atoms with Gasteiger partial charge in [0.15, 0.2) is 0 Å². The molecule has 0 heterocycles. The first-order valence-electron chi connectivity index (χ1n) is 5.79. The molecule has 0 radical (unpaired) electrons. The Balaban J connectivity index is 2.75. The summed E-state index contributed by atoms with van der Waals surface area (Å²) in [5.41, 5.74) is 2.04. The Morgan fingerprint density at radius 2 is 2.18 bits per heavy atom. The van der Waals surface area contributed by atoms with Gasteiger partial charge >= 0.3 is 0 Å². The van der Waals surface area contributed by atoms with Gasteiger partial charge in [-0.05, 0) is 19.5 Å². The summed E-state index contributed by atoms with van der Waals surface area (Å²) in [6.07, 6.45) is 0. The van der Waals surface area contributed by atoms with E-state index in [1.165, 1.54) is 0 Å². The third-order valence-electron chi connectivity index (χ3n) is 2.63. The second kappa shape index (κ2) is 6.30. The van der Waals surface area contributed by atoms with Crippen LogP contribution >= 0.6 is 0 Å². The SMILES string of the molecule is C=C(C)CN(CC)Cc1ccc(OC)cc1O. The van der Waals surface area contributed by atoms with Crippen molar-refractivity contribution in [3.05, 3.63) is 35.9 Å². The molecule has 0 saturated heterocycles. The van der Waals surface area contributed by atoms with Crippen LogP contribution in [0, 0.1) is 0 Å². The first kappa shape index (κ1) is 13.6. The largest absolute Gasteiger partial charge is 0.507 e. The van der Waals surface area contributed by atoms with E-state index in [0.717, 1.165) is 30.8 Å². The van der Waals surface area contributed by atoms with Crippen LogP contribution in [0.5, 0.6) is 11.5 Å². The van der Waals surface area contributed by atoms with Crippen molar-refractivity contribution < 1.29 is 9.84 Å². The molecule has 0 unspecified atom stereocenters. The molecule has 0 atom stereocenters. The molecule has 0 spiro atoms. The van der Waals surface area contributed by atoms with Gasteiger partial charge in [-0.25, -0.2) is 0 Å². The molecule has 1 N–H and O–H groups in total. The quantitative estimate of drug-likeness (QED) is 0.770. The summed E-state index contributed by atoms with van der Waals surface area (Å²) in [4.78, 5) is 2.23. The minimum absolute atomic E-state index is 0.282. The second-order valence-corrected chi connectivity index (χ2v) is 4.26. The molecule has 0 aliphatic heterocycles. The molecule has 94 valence electrons. The van der Waals surface area contributed by atoms with Crippen molar-refractivity contribution in [3.63, 3.8) is 0 Å². The van der Waals surface area contributed by atoms with E-state index in [-0.39, 0.29) is 5.75 Å². The number of methoxy groups -OCH3 is 1. The number of phenolic OH excluding ortho intramolecular Hbond substituents is 1. The van der Waals surface area contributed by atoms with Gasteiger partial charge in [-0.1, -0.05) is 25.1 Å². The third kappa shape index (κ3) is 4.11. The van der Waals surface area contributed by atoms with Gasteiger partial charge in [0.05, 0.1) is 7.11 Å². The fraction of sp³-hybridized carbons (Fsp3) is 0.429. The highest BCUT2D eigenvalue weighted by atomic mass is 16.5. The number of ether oxygens (including phenoxy) is 1. The maximum absolute atomic E-state index is 9.87. The van der Waals surface area contributed by atoms with Gasteiger partial charge in [0.1, 0.15) is 11.5 Å². The Kier molecular flexibility index (Phi) is 5.04. The molecule has 1 rings (SSSR count). The summed E-state index contributed by atoms with van der Waals surface area (Å²) in [6, 6.07) is 5.41. The van der Waals surface area contributed by atoms with Crippen LogP contribution in [0.4, 0.5) is 0 Å². The monoisotopic (exact) mass is 235 g/mol. The van der Waals surface area contributed by atoms with Crippen molar-refractivity contribution in [2.24, 2.45) is 0 Å². The van der Waals surface area contributed by atoms with Gasteiger partial charge in [0, 0.05) is 24.7 Å². The number of hydrogen-bond donors (Lipinski definition) is 1. The molecular formula is C14H21NO2. The number of benzene rings is 1. The lowest BCUT2D eigenvalue weighted by Crippen LogP contribution is -2.24. The summed E-state index contributed by atoms with van der Waals surface area (Å²) < 4.78 is 5.06. The summed E-state index contributed by atoms with van der Waals surface area (Å²) >= 11 is 0. The average molecular weight is 235 g/mol. The third-order valence-corrected chi connectivity index (χ3v) is 2.63. The van der Waals surface area contributed by atoms with Crippen molar-refractivity contribution in [1.82, 2.24) is 4.90 Å². The molecule has 1 aromatic rings. The Morgan fingerprint density at radius 1 is 1.47 bits per heavy atom. The van der Waals surface area contributed by atoms with Gasteiger partial charge in [-0.3, -0.25) is 4.90 Å². The molecule has 3 heteroatoms. The first-order valence-corrected chi connectivity index (χ1v) is 5.79. The van der Waals surface area contributed by atoms with Gasteiger partial charge in [0.2, 0.25) is 0 Å². The zero-order valence-corrected chi connectivity index (χ0v) is 10.9. The number of aromatic hydroxyl groups is 1. The molecule has 3 nitrogen and oxygen atoms in total. The van der Waals surface area contributed by atoms with E-state index in [4.69, 9.17) is 4.74 Å². The number of phenols is 1. The van der Waals surface area contributed by atoms with Crippen molar-refractivity contribution in [1.29, 1.82) is 0 Å². The number of hydrogen-bond acceptors (Lipinski definition) is 3. The minimum Gasteiger partial charge on any atom is -0.507 e. The van der Waals surface area contributed by atoms with E-state index >= 15 is 0 Å². The molecule has 0 saturated carbocycles. The molecule has 1 aromatic carbocycles. The van der Waals surface area contributed by atoms with E-state index < -0.39 is 0 Å². The summed E-state index contributed by atoms with van der Waals surface area (Å²) in [5, 5.41) is 9.87. The van der Waals surface area contributed by atoms with Gasteiger partial charge in [-0.15, -0.1) is 0 Å². The molecule has 0 aliphatic rings. The molecule has 0 aliphatic carbocycles. The topological polar surface area (TPSA) is 32.7 Å². The lowest BCUT2D eigenvalue weighted by molar-refractivity contribution is 0.298. The van der Waals surface area contributed by atoms with Crippen molar-refractivity contribution in [2.45, 2.75) is 20.4 Å². The second-order valence-electron chi connectivity index (χ2n) is 4.26. The van der Waals surface area contributed by atoms with Gasteiger partial charge < -0.3 is 9.84 Å². The maximum Gasteiger partial charge on any atom is 0.123 e. The lowest BCUT2D eigenvalue weighted by Gasteiger charge is -2.21. The molecule has 0 bridgehead atoms. The van der Waals surface area contributed by atoms with Crippen molar-refractivity contribution in [2.75, 3.05) is 20.2 Å². The van der Waals surface area contributed by atoms with Crippen LogP contribution < -0.4 is 4.74 Å². The van der Waals surface area contributed by atoms with E-state index in [1.807, 2.05) is 19.1 Å². The van der Waals surface area contributed by atoms with Crippen LogP contribution in [-0.2, 0) is 6.54 Å². The zero-order valence-electron chi connectivity index (χ0n) is 10.9. The first-order chi connectivity index (χ1) is 8.06. The fourth-order valence-corrected chi connectivity index (χ4v) is 1.71.